The molecule has 0 radical (unpaired) electrons. The number of nitrogens with one attached hydrogen (secondary N) is 1. The number of rotatable bonds is 7. The van der Waals surface area contributed by atoms with Crippen LogP contribution < -0.4 is 11.1 Å². The van der Waals surface area contributed by atoms with Gasteiger partial charge < -0.3 is 11.1 Å². The summed E-state index contributed by atoms with van der Waals surface area (Å²) in [5, 5.41) is 10.0. The molecule has 4 aromatic rings. The SMILES string of the molecule is NC(=O)Nc1cc(Cc2cc(F)cc(F)c2)ccc1N=Nc1cc2c(S(=O)(=O)O)cccc2cc1S(=O)(=O)O. The Labute approximate surface area is 220 Å². The first-order chi connectivity index (χ1) is 18.2. The van der Waals surface area contributed by atoms with E-state index >= 15 is 0 Å². The fraction of sp³-hybridized carbons (Fsp3) is 0.0417. The molecule has 0 aliphatic rings. The van der Waals surface area contributed by atoms with E-state index in [9.17, 15) is 39.5 Å². The van der Waals surface area contributed by atoms with Crippen molar-refractivity contribution in [2.24, 2.45) is 16.0 Å². The van der Waals surface area contributed by atoms with Crippen LogP contribution in [0.3, 0.4) is 0 Å². The average molecular weight is 577 g/mol. The minimum Gasteiger partial charge on any atom is -0.351 e. The van der Waals surface area contributed by atoms with Crippen molar-refractivity contribution >= 4 is 54.1 Å². The molecule has 0 aliphatic carbocycles. The summed E-state index contributed by atoms with van der Waals surface area (Å²) < 4.78 is 94.1. The zero-order valence-corrected chi connectivity index (χ0v) is 21.2. The highest BCUT2D eigenvalue weighted by Gasteiger charge is 2.21. The third-order valence-corrected chi connectivity index (χ3v) is 7.19. The van der Waals surface area contributed by atoms with Crippen LogP contribution in [-0.2, 0) is 26.7 Å². The van der Waals surface area contributed by atoms with E-state index in [-0.39, 0.29) is 28.6 Å². The number of benzene rings is 4. The second-order valence-electron chi connectivity index (χ2n) is 8.24. The van der Waals surface area contributed by atoms with E-state index in [0.29, 0.717) is 11.1 Å². The van der Waals surface area contributed by atoms with Gasteiger partial charge in [0.1, 0.15) is 32.8 Å². The van der Waals surface area contributed by atoms with Crippen LogP contribution in [0.25, 0.3) is 10.8 Å². The highest BCUT2D eigenvalue weighted by atomic mass is 32.2. The maximum atomic E-state index is 13.6. The molecule has 15 heteroatoms. The first kappa shape index (κ1) is 27.7. The molecule has 0 unspecified atom stereocenters. The van der Waals surface area contributed by atoms with Crippen LogP contribution in [0.5, 0.6) is 0 Å². The maximum absolute atomic E-state index is 13.6. The van der Waals surface area contributed by atoms with Crippen LogP contribution in [0.2, 0.25) is 0 Å². The molecule has 0 atom stereocenters. The Kier molecular flexibility index (Phi) is 7.43. The molecule has 0 saturated carbocycles. The Morgan fingerprint density at radius 1 is 0.795 bits per heavy atom. The van der Waals surface area contributed by atoms with E-state index < -0.39 is 53.4 Å². The van der Waals surface area contributed by atoms with E-state index in [1.807, 2.05) is 0 Å². The third-order valence-electron chi connectivity index (χ3n) is 5.39. The number of fused-ring (bicyclic) bond motifs is 1. The summed E-state index contributed by atoms with van der Waals surface area (Å²) in [7, 11) is -9.58. The number of nitrogens with two attached hydrogens (primary N) is 1. The number of hydrogen-bond acceptors (Lipinski definition) is 7. The Balaban J connectivity index is 1.81. The highest BCUT2D eigenvalue weighted by molar-refractivity contribution is 7.86. The summed E-state index contributed by atoms with van der Waals surface area (Å²) in [6, 6.07) is 11.9. The molecule has 5 N–H and O–H groups in total. The summed E-state index contributed by atoms with van der Waals surface area (Å²) in [6.45, 7) is 0. The first-order valence-corrected chi connectivity index (χ1v) is 13.7. The topological polar surface area (TPSA) is 189 Å². The number of primary amides is 1. The number of azo groups is 1. The van der Waals surface area contributed by atoms with Crippen molar-refractivity contribution in [2.45, 2.75) is 16.2 Å². The van der Waals surface area contributed by atoms with E-state index in [2.05, 4.69) is 15.5 Å². The van der Waals surface area contributed by atoms with Gasteiger partial charge in [-0.15, -0.1) is 10.2 Å². The van der Waals surface area contributed by atoms with Gasteiger partial charge in [0.05, 0.1) is 5.69 Å². The molecule has 4 aromatic carbocycles. The summed E-state index contributed by atoms with van der Waals surface area (Å²) >= 11 is 0. The van der Waals surface area contributed by atoms with Crippen LogP contribution in [-0.4, -0.2) is 32.0 Å². The van der Waals surface area contributed by atoms with Gasteiger partial charge in [0, 0.05) is 11.5 Å². The minimum absolute atomic E-state index is 0.00782. The van der Waals surface area contributed by atoms with Gasteiger partial charge in [-0.3, -0.25) is 9.11 Å². The minimum atomic E-state index is -4.87. The standard InChI is InChI=1S/C24H18F2N4O7S2/c25-16-7-14(8-17(26)11-16)6-13-4-5-19(20(9-13)28-24(27)31)29-30-21-12-18-15(10-23(21)39(35,36)37)2-1-3-22(18)38(32,33)34/h1-5,7-12H,6H2,(H3,27,28,31)(H,32,33,34)(H,35,36,37). The second-order valence-corrected chi connectivity index (χ2v) is 11.0. The monoisotopic (exact) mass is 576 g/mol. The number of amides is 2. The van der Waals surface area contributed by atoms with Crippen molar-refractivity contribution in [2.75, 3.05) is 5.32 Å². The average Bonchev–Trinajstić information content (AvgIpc) is 2.80. The van der Waals surface area contributed by atoms with Crippen molar-refractivity contribution in [3.8, 4) is 0 Å². The van der Waals surface area contributed by atoms with Crippen molar-refractivity contribution in [3.63, 3.8) is 0 Å². The van der Waals surface area contributed by atoms with E-state index in [4.69, 9.17) is 5.73 Å². The molecule has 0 fully saturated rings. The highest BCUT2D eigenvalue weighted by Crippen LogP contribution is 2.35. The molecular formula is C24H18F2N4O7S2. The van der Waals surface area contributed by atoms with Crippen LogP contribution >= 0.6 is 0 Å². The Bertz CT molecular complexity index is 1860. The fourth-order valence-corrected chi connectivity index (χ4v) is 5.19. The molecule has 0 aromatic heterocycles. The number of nitrogens with zero attached hydrogens (tertiary/aromatic N) is 2. The number of anilines is 1. The van der Waals surface area contributed by atoms with Crippen LogP contribution in [0, 0.1) is 11.6 Å². The molecular weight excluding hydrogens is 558 g/mol. The second kappa shape index (κ2) is 10.5. The number of carbonyl (C=O) groups is 1. The lowest BCUT2D eigenvalue weighted by molar-refractivity contribution is 0.259. The largest absolute Gasteiger partial charge is 0.351 e. The molecule has 0 heterocycles. The maximum Gasteiger partial charge on any atom is 0.316 e. The normalized spacial score (nSPS) is 12.2. The third kappa shape index (κ3) is 6.58. The van der Waals surface area contributed by atoms with Gasteiger partial charge in [0.2, 0.25) is 0 Å². The zero-order valence-electron chi connectivity index (χ0n) is 19.5. The van der Waals surface area contributed by atoms with Crippen molar-refractivity contribution in [1.82, 2.24) is 0 Å². The van der Waals surface area contributed by atoms with Crippen molar-refractivity contribution < 1.29 is 39.5 Å². The van der Waals surface area contributed by atoms with Gasteiger partial charge >= 0.3 is 6.03 Å². The predicted octanol–water partition coefficient (Wildman–Crippen LogP) is 5.11. The molecule has 202 valence electrons. The Morgan fingerprint density at radius 3 is 2.05 bits per heavy atom. The van der Waals surface area contributed by atoms with Gasteiger partial charge in [-0.25, -0.2) is 13.6 Å². The van der Waals surface area contributed by atoms with Crippen molar-refractivity contribution in [3.05, 3.63) is 89.5 Å². The molecule has 0 bridgehead atoms. The smallest absolute Gasteiger partial charge is 0.316 e. The van der Waals surface area contributed by atoms with Crippen LogP contribution in [0.15, 0.2) is 86.7 Å². The summed E-state index contributed by atoms with van der Waals surface area (Å²) in [5.41, 5.74) is 5.51. The summed E-state index contributed by atoms with van der Waals surface area (Å²) in [4.78, 5) is 10.3. The fourth-order valence-electron chi connectivity index (χ4n) is 3.84. The molecule has 39 heavy (non-hydrogen) atoms. The molecule has 0 spiro atoms. The van der Waals surface area contributed by atoms with Gasteiger partial charge in [0.15, 0.2) is 0 Å². The van der Waals surface area contributed by atoms with Gasteiger partial charge in [-0.05, 0) is 65.4 Å². The van der Waals surface area contributed by atoms with E-state index in [0.717, 1.165) is 36.4 Å². The van der Waals surface area contributed by atoms with Crippen LogP contribution in [0.4, 0.5) is 30.6 Å². The van der Waals surface area contributed by atoms with Gasteiger partial charge in [0.25, 0.3) is 20.2 Å². The lowest BCUT2D eigenvalue weighted by Gasteiger charge is -2.10. The first-order valence-electron chi connectivity index (χ1n) is 10.8. The lowest BCUT2D eigenvalue weighted by Crippen LogP contribution is -2.19. The summed E-state index contributed by atoms with van der Waals surface area (Å²) in [6.07, 6.45) is 0.0650. The predicted molar refractivity (Wildman–Crippen MR) is 137 cm³/mol. The molecule has 0 saturated heterocycles. The quantitative estimate of drug-likeness (QED) is 0.174. The van der Waals surface area contributed by atoms with Crippen LogP contribution in [0.1, 0.15) is 11.1 Å². The van der Waals surface area contributed by atoms with Gasteiger partial charge in [-0.1, -0.05) is 18.2 Å². The summed E-state index contributed by atoms with van der Waals surface area (Å²) in [5.74, 6) is -1.54. The molecule has 2 amide bonds. The zero-order chi connectivity index (χ0) is 28.5. The Morgan fingerprint density at radius 2 is 1.44 bits per heavy atom. The number of halogens is 2. The van der Waals surface area contributed by atoms with Gasteiger partial charge in [-0.2, -0.15) is 16.8 Å². The lowest BCUT2D eigenvalue weighted by atomic mass is 10.0. The number of carbonyl (C=O) groups excluding carboxylic acids is 1. The molecule has 4 rings (SSSR count). The molecule has 11 nitrogen and oxygen atoms in total. The van der Waals surface area contributed by atoms with E-state index in [1.54, 1.807) is 0 Å². The van der Waals surface area contributed by atoms with E-state index in [1.165, 1.54) is 30.3 Å². The number of hydrogen-bond donors (Lipinski definition) is 4. The Hall–Kier alpha value is -4.31. The van der Waals surface area contributed by atoms with Crippen molar-refractivity contribution in [1.29, 1.82) is 0 Å². The number of urea groups is 1. The molecule has 0 aliphatic heterocycles.